The van der Waals surface area contributed by atoms with Crippen molar-refractivity contribution in [3.05, 3.63) is 87.8 Å². The number of rotatable bonds is 10. The lowest BCUT2D eigenvalue weighted by Gasteiger charge is -2.13. The van der Waals surface area contributed by atoms with Crippen LogP contribution in [0.5, 0.6) is 17.2 Å². The van der Waals surface area contributed by atoms with Gasteiger partial charge >= 0.3 is 10.1 Å². The molecule has 0 unspecified atom stereocenters. The summed E-state index contributed by atoms with van der Waals surface area (Å²) in [6.07, 6.45) is 1.55. The zero-order valence-electron chi connectivity index (χ0n) is 20.5. The highest BCUT2D eigenvalue weighted by molar-refractivity contribution is 8.18. The molecular formula is C27H24ClNO7S2. The van der Waals surface area contributed by atoms with Gasteiger partial charge in [-0.3, -0.25) is 14.5 Å². The average molecular weight is 574 g/mol. The van der Waals surface area contributed by atoms with Gasteiger partial charge in [-0.25, -0.2) is 0 Å². The molecule has 0 saturated carbocycles. The number of benzene rings is 3. The number of carbonyl (C=O) groups is 2. The molecule has 1 aliphatic rings. The third-order valence-corrected chi connectivity index (χ3v) is 7.75. The second-order valence-electron chi connectivity index (χ2n) is 8.13. The van der Waals surface area contributed by atoms with Crippen LogP contribution in [0.3, 0.4) is 0 Å². The molecule has 0 bridgehead atoms. The highest BCUT2D eigenvalue weighted by Gasteiger charge is 2.35. The van der Waals surface area contributed by atoms with Gasteiger partial charge in [0.15, 0.2) is 11.5 Å². The fourth-order valence-corrected chi connectivity index (χ4v) is 5.38. The molecule has 198 valence electrons. The van der Waals surface area contributed by atoms with Gasteiger partial charge in [0.2, 0.25) is 0 Å². The van der Waals surface area contributed by atoms with Crippen molar-refractivity contribution in [3.63, 3.8) is 0 Å². The zero-order chi connectivity index (χ0) is 27.3. The highest BCUT2D eigenvalue weighted by atomic mass is 35.5. The summed E-state index contributed by atoms with van der Waals surface area (Å²) in [5.41, 5.74) is 1.63. The van der Waals surface area contributed by atoms with E-state index >= 15 is 0 Å². The summed E-state index contributed by atoms with van der Waals surface area (Å²) in [7, 11) is -4.14. The molecule has 0 spiro atoms. The molecule has 1 heterocycles. The van der Waals surface area contributed by atoms with Crippen LogP contribution in [0, 0.1) is 6.92 Å². The molecule has 1 saturated heterocycles. The Kier molecular flexibility index (Phi) is 8.65. The maximum Gasteiger partial charge on any atom is 0.339 e. The Balaban J connectivity index is 1.47. The number of imide groups is 1. The minimum Gasteiger partial charge on any atom is -0.492 e. The number of amides is 2. The molecule has 38 heavy (non-hydrogen) atoms. The molecule has 3 aromatic rings. The van der Waals surface area contributed by atoms with Crippen LogP contribution in [0.4, 0.5) is 4.79 Å². The Morgan fingerprint density at radius 3 is 2.34 bits per heavy atom. The van der Waals surface area contributed by atoms with E-state index in [0.29, 0.717) is 16.3 Å². The van der Waals surface area contributed by atoms with E-state index in [-0.39, 0.29) is 41.1 Å². The number of nitrogens with zero attached hydrogens (tertiary/aromatic N) is 1. The average Bonchev–Trinajstić information content (AvgIpc) is 3.14. The second-order valence-corrected chi connectivity index (χ2v) is 11.1. The Hall–Kier alpha value is -3.47. The molecule has 8 nitrogen and oxygen atoms in total. The van der Waals surface area contributed by atoms with Crippen LogP contribution in [0.25, 0.3) is 6.08 Å². The predicted octanol–water partition coefficient (Wildman–Crippen LogP) is 5.93. The summed E-state index contributed by atoms with van der Waals surface area (Å²) in [6.45, 7) is 4.23. The van der Waals surface area contributed by atoms with Crippen LogP contribution < -0.4 is 13.7 Å². The van der Waals surface area contributed by atoms with E-state index in [1.807, 2.05) is 31.2 Å². The summed E-state index contributed by atoms with van der Waals surface area (Å²) in [6, 6.07) is 17.6. The van der Waals surface area contributed by atoms with Gasteiger partial charge in [0.05, 0.1) is 18.1 Å². The van der Waals surface area contributed by atoms with Crippen molar-refractivity contribution < 1.29 is 31.7 Å². The van der Waals surface area contributed by atoms with E-state index in [9.17, 15) is 18.0 Å². The van der Waals surface area contributed by atoms with Gasteiger partial charge in [-0.15, -0.1) is 0 Å². The van der Waals surface area contributed by atoms with Crippen LogP contribution in [0.2, 0.25) is 5.02 Å². The van der Waals surface area contributed by atoms with E-state index in [2.05, 4.69) is 0 Å². The molecule has 0 aromatic heterocycles. The topological polar surface area (TPSA) is 99.2 Å². The molecule has 11 heteroatoms. The van der Waals surface area contributed by atoms with Crippen LogP contribution in [-0.4, -0.2) is 44.2 Å². The molecule has 1 aliphatic heterocycles. The Labute approximate surface area is 230 Å². The largest absolute Gasteiger partial charge is 0.492 e. The summed E-state index contributed by atoms with van der Waals surface area (Å²) in [5, 5.41) is -0.000635. The van der Waals surface area contributed by atoms with Crippen molar-refractivity contribution >= 4 is 50.7 Å². The molecule has 3 aromatic carbocycles. The van der Waals surface area contributed by atoms with Crippen molar-refractivity contribution in [2.75, 3.05) is 19.8 Å². The standard InChI is InChI=1S/C27H24ClNO7S2/c1-3-34-24-16-19(6-13-23(24)36-38(32,33)22-11-7-20(28)8-12-22)17-25-26(30)29(27(31)37-25)14-15-35-21-9-4-18(2)5-10-21/h4-13,16-17H,3,14-15H2,1-2H3/b25-17-. The van der Waals surface area contributed by atoms with E-state index in [1.54, 1.807) is 25.1 Å². The first-order valence-electron chi connectivity index (χ1n) is 11.6. The lowest BCUT2D eigenvalue weighted by molar-refractivity contribution is -0.123. The number of ether oxygens (including phenoxy) is 2. The highest BCUT2D eigenvalue weighted by Crippen LogP contribution is 2.35. The molecule has 0 radical (unpaired) electrons. The van der Waals surface area contributed by atoms with Crippen molar-refractivity contribution in [3.8, 4) is 17.2 Å². The van der Waals surface area contributed by atoms with E-state index < -0.39 is 21.3 Å². The first-order chi connectivity index (χ1) is 18.2. The lowest BCUT2D eigenvalue weighted by Crippen LogP contribution is -2.32. The van der Waals surface area contributed by atoms with Gasteiger partial charge in [0.25, 0.3) is 11.1 Å². The molecule has 1 fully saturated rings. The fourth-order valence-electron chi connectivity index (χ4n) is 3.45. The normalized spacial score (nSPS) is 14.7. The van der Waals surface area contributed by atoms with E-state index in [4.69, 9.17) is 25.3 Å². The van der Waals surface area contributed by atoms with Gasteiger partial charge in [-0.05, 0) is 85.8 Å². The van der Waals surface area contributed by atoms with Crippen LogP contribution in [0.1, 0.15) is 18.1 Å². The maximum atomic E-state index is 12.9. The van der Waals surface area contributed by atoms with Crippen LogP contribution >= 0.6 is 23.4 Å². The van der Waals surface area contributed by atoms with Crippen molar-refractivity contribution in [2.24, 2.45) is 0 Å². The third-order valence-electron chi connectivity index (χ3n) is 5.35. The van der Waals surface area contributed by atoms with Crippen LogP contribution in [-0.2, 0) is 14.9 Å². The van der Waals surface area contributed by atoms with Gasteiger partial charge in [0.1, 0.15) is 17.3 Å². The quantitative estimate of drug-likeness (QED) is 0.217. The number of halogens is 1. The SMILES string of the molecule is CCOc1cc(/C=C2\SC(=O)N(CCOc3ccc(C)cc3)C2=O)ccc1OS(=O)(=O)c1ccc(Cl)cc1. The molecule has 0 aliphatic carbocycles. The minimum absolute atomic E-state index is 0.0136. The minimum atomic E-state index is -4.14. The Morgan fingerprint density at radius 1 is 0.947 bits per heavy atom. The summed E-state index contributed by atoms with van der Waals surface area (Å²) >= 11 is 6.66. The number of aryl methyl sites for hydroxylation is 1. The van der Waals surface area contributed by atoms with Crippen molar-refractivity contribution in [1.29, 1.82) is 0 Å². The summed E-state index contributed by atoms with van der Waals surface area (Å²) < 4.78 is 42.0. The first kappa shape index (κ1) is 27.6. The molecule has 0 N–H and O–H groups in total. The Morgan fingerprint density at radius 2 is 1.66 bits per heavy atom. The van der Waals surface area contributed by atoms with Crippen LogP contribution in [0.15, 0.2) is 76.5 Å². The molecule has 2 amide bonds. The monoisotopic (exact) mass is 573 g/mol. The lowest BCUT2D eigenvalue weighted by atomic mass is 10.2. The van der Waals surface area contributed by atoms with Gasteiger partial charge in [-0.2, -0.15) is 8.42 Å². The molecule has 0 atom stereocenters. The number of hydrogen-bond acceptors (Lipinski definition) is 8. The fraction of sp³-hybridized carbons (Fsp3) is 0.185. The zero-order valence-corrected chi connectivity index (χ0v) is 22.9. The summed E-state index contributed by atoms with van der Waals surface area (Å²) in [4.78, 5) is 26.6. The second kappa shape index (κ2) is 11.9. The third kappa shape index (κ3) is 6.69. The van der Waals surface area contributed by atoms with E-state index in [0.717, 1.165) is 22.2 Å². The first-order valence-corrected chi connectivity index (χ1v) is 14.2. The summed E-state index contributed by atoms with van der Waals surface area (Å²) in [5.74, 6) is 0.378. The van der Waals surface area contributed by atoms with Crippen molar-refractivity contribution in [2.45, 2.75) is 18.7 Å². The smallest absolute Gasteiger partial charge is 0.339 e. The van der Waals surface area contributed by atoms with Gasteiger partial charge in [-0.1, -0.05) is 35.4 Å². The van der Waals surface area contributed by atoms with Gasteiger partial charge in [0, 0.05) is 5.02 Å². The van der Waals surface area contributed by atoms with Gasteiger partial charge < -0.3 is 13.7 Å². The number of hydrogen-bond donors (Lipinski definition) is 0. The van der Waals surface area contributed by atoms with E-state index in [1.165, 1.54) is 30.3 Å². The number of thioether (sulfide) groups is 1. The number of carbonyl (C=O) groups excluding carboxylic acids is 2. The Bertz CT molecular complexity index is 1470. The maximum absolute atomic E-state index is 12.9. The predicted molar refractivity (Wildman–Crippen MR) is 146 cm³/mol. The molecular weight excluding hydrogens is 550 g/mol. The van der Waals surface area contributed by atoms with Crippen molar-refractivity contribution in [1.82, 2.24) is 4.90 Å². The molecule has 4 rings (SSSR count).